The van der Waals surface area contributed by atoms with Crippen LogP contribution in [-0.4, -0.2) is 17.1 Å². The molecular formula is C16H13ClN4O2S. The van der Waals surface area contributed by atoms with Gasteiger partial charge in [0.25, 0.3) is 5.56 Å². The number of methoxy groups -OCH3 is 1. The molecule has 3 aromatic rings. The number of aromatic amines is 1. The number of anilines is 1. The van der Waals surface area contributed by atoms with Crippen LogP contribution in [0.1, 0.15) is 23.4 Å². The molecule has 122 valence electrons. The molecule has 0 spiro atoms. The van der Waals surface area contributed by atoms with Crippen LogP contribution in [0.2, 0.25) is 5.02 Å². The van der Waals surface area contributed by atoms with Crippen LogP contribution >= 0.6 is 22.9 Å². The van der Waals surface area contributed by atoms with E-state index in [1.54, 1.807) is 24.3 Å². The van der Waals surface area contributed by atoms with Crippen LogP contribution in [0.15, 0.2) is 29.1 Å². The third kappa shape index (κ3) is 3.07. The lowest BCUT2D eigenvalue weighted by molar-refractivity contribution is 0.400. The number of nitriles is 1. The molecule has 0 aliphatic carbocycles. The molecule has 0 saturated heterocycles. The third-order valence-electron chi connectivity index (χ3n) is 3.53. The van der Waals surface area contributed by atoms with Crippen LogP contribution < -0.4 is 15.6 Å². The number of hydrogen-bond acceptors (Lipinski definition) is 6. The number of benzene rings is 1. The maximum absolute atomic E-state index is 12.3. The van der Waals surface area contributed by atoms with Crippen molar-refractivity contribution < 1.29 is 4.74 Å². The maximum atomic E-state index is 12.3. The van der Waals surface area contributed by atoms with Crippen molar-refractivity contribution in [3.63, 3.8) is 0 Å². The zero-order valence-electron chi connectivity index (χ0n) is 12.9. The monoisotopic (exact) mass is 360 g/mol. The molecule has 2 heterocycles. The zero-order valence-corrected chi connectivity index (χ0v) is 14.5. The first-order valence-corrected chi connectivity index (χ1v) is 8.25. The highest BCUT2D eigenvalue weighted by molar-refractivity contribution is 7.16. The number of ether oxygens (including phenoxy) is 1. The molecule has 0 radical (unpaired) electrons. The van der Waals surface area contributed by atoms with Gasteiger partial charge >= 0.3 is 0 Å². The number of thiazole rings is 1. The minimum Gasteiger partial charge on any atom is -0.479 e. The van der Waals surface area contributed by atoms with E-state index in [4.69, 9.17) is 21.6 Å². The van der Waals surface area contributed by atoms with Gasteiger partial charge in [0.1, 0.15) is 6.07 Å². The van der Waals surface area contributed by atoms with Crippen molar-refractivity contribution in [3.8, 4) is 11.9 Å². The van der Waals surface area contributed by atoms with Crippen LogP contribution in [0.5, 0.6) is 5.88 Å². The van der Waals surface area contributed by atoms with Gasteiger partial charge in [-0.1, -0.05) is 22.9 Å². The number of aromatic nitrogens is 2. The van der Waals surface area contributed by atoms with Crippen LogP contribution in [0.3, 0.4) is 0 Å². The molecular weight excluding hydrogens is 348 g/mol. The van der Waals surface area contributed by atoms with Crippen molar-refractivity contribution in [1.82, 2.24) is 9.97 Å². The second-order valence-electron chi connectivity index (χ2n) is 5.12. The van der Waals surface area contributed by atoms with E-state index in [-0.39, 0.29) is 17.5 Å². The molecule has 2 N–H and O–H groups in total. The second-order valence-corrected chi connectivity index (χ2v) is 6.56. The number of rotatable bonds is 4. The molecule has 3 rings (SSSR count). The number of H-pyrrole nitrogens is 1. The van der Waals surface area contributed by atoms with Gasteiger partial charge in [0.2, 0.25) is 5.88 Å². The molecule has 24 heavy (non-hydrogen) atoms. The second kappa shape index (κ2) is 6.51. The first kappa shape index (κ1) is 16.3. The number of halogens is 1. The van der Waals surface area contributed by atoms with Crippen molar-refractivity contribution in [2.45, 2.75) is 13.0 Å². The van der Waals surface area contributed by atoms with Crippen LogP contribution in [0.4, 0.5) is 5.13 Å². The molecule has 0 saturated carbocycles. The van der Waals surface area contributed by atoms with Gasteiger partial charge in [-0.25, -0.2) is 0 Å². The van der Waals surface area contributed by atoms with Gasteiger partial charge in [-0.3, -0.25) is 4.79 Å². The van der Waals surface area contributed by atoms with Gasteiger partial charge in [0.05, 0.1) is 13.2 Å². The summed E-state index contributed by atoms with van der Waals surface area (Å²) < 4.78 is 5.05. The fourth-order valence-corrected chi connectivity index (χ4v) is 3.36. The molecule has 0 bridgehead atoms. The summed E-state index contributed by atoms with van der Waals surface area (Å²) in [5.74, 6) is 0.274. The van der Waals surface area contributed by atoms with E-state index >= 15 is 0 Å². The lowest BCUT2D eigenvalue weighted by atomic mass is 10.1. The summed E-state index contributed by atoms with van der Waals surface area (Å²) in [5, 5.41) is 14.1. The molecule has 6 nitrogen and oxygen atoms in total. The lowest BCUT2D eigenvalue weighted by Gasteiger charge is -2.13. The molecule has 0 fully saturated rings. The topological polar surface area (TPSA) is 90.8 Å². The Bertz CT molecular complexity index is 1010. The summed E-state index contributed by atoms with van der Waals surface area (Å²) in [6.07, 6.45) is 0. The molecule has 2 aromatic heterocycles. The number of hydrogen-bond donors (Lipinski definition) is 2. The summed E-state index contributed by atoms with van der Waals surface area (Å²) in [5.41, 5.74) is 1.09. The quantitative estimate of drug-likeness (QED) is 0.740. The SMILES string of the molecule is COc1nc(N[C@H](C)c2cc3cc(Cl)ccc3[nH]c2=O)sc1C#N. The van der Waals surface area contributed by atoms with E-state index < -0.39 is 0 Å². The molecule has 0 unspecified atom stereocenters. The minimum atomic E-state index is -0.306. The average Bonchev–Trinajstić information content (AvgIpc) is 2.96. The Hall–Kier alpha value is -2.56. The van der Waals surface area contributed by atoms with Crippen molar-refractivity contribution in [3.05, 3.63) is 50.1 Å². The molecule has 8 heteroatoms. The number of pyridine rings is 1. The van der Waals surface area contributed by atoms with E-state index in [1.807, 2.05) is 13.0 Å². The Labute approximate surface area is 146 Å². The van der Waals surface area contributed by atoms with E-state index in [0.29, 0.717) is 20.6 Å². The molecule has 0 amide bonds. The highest BCUT2D eigenvalue weighted by Crippen LogP contribution is 2.30. The van der Waals surface area contributed by atoms with Gasteiger partial charge < -0.3 is 15.0 Å². The minimum absolute atomic E-state index is 0.186. The van der Waals surface area contributed by atoms with Crippen molar-refractivity contribution in [2.24, 2.45) is 0 Å². The Morgan fingerprint density at radius 2 is 2.25 bits per heavy atom. The summed E-state index contributed by atoms with van der Waals surface area (Å²) in [6.45, 7) is 1.85. The lowest BCUT2D eigenvalue weighted by Crippen LogP contribution is -2.19. The predicted molar refractivity (Wildman–Crippen MR) is 95.0 cm³/mol. The van der Waals surface area contributed by atoms with E-state index in [2.05, 4.69) is 15.3 Å². The molecule has 0 aliphatic rings. The number of nitrogens with zero attached hydrogens (tertiary/aromatic N) is 2. The van der Waals surface area contributed by atoms with Crippen LogP contribution in [-0.2, 0) is 0 Å². The molecule has 1 aromatic carbocycles. The predicted octanol–water partition coefficient (Wildman–Crippen LogP) is 3.69. The van der Waals surface area contributed by atoms with E-state index in [9.17, 15) is 4.79 Å². The smallest absolute Gasteiger partial charge is 0.253 e. The van der Waals surface area contributed by atoms with Gasteiger partial charge in [-0.05, 0) is 31.2 Å². The fraction of sp³-hybridized carbons (Fsp3) is 0.188. The number of nitrogens with one attached hydrogen (secondary N) is 2. The zero-order chi connectivity index (χ0) is 17.3. The van der Waals surface area contributed by atoms with Crippen molar-refractivity contribution in [2.75, 3.05) is 12.4 Å². The normalized spacial score (nSPS) is 11.9. The van der Waals surface area contributed by atoms with Gasteiger partial charge in [-0.2, -0.15) is 10.2 Å². The van der Waals surface area contributed by atoms with Crippen molar-refractivity contribution in [1.29, 1.82) is 5.26 Å². The van der Waals surface area contributed by atoms with Crippen LogP contribution in [0, 0.1) is 11.3 Å². The summed E-state index contributed by atoms with van der Waals surface area (Å²) in [4.78, 5) is 19.7. The number of fused-ring (bicyclic) bond motifs is 1. The van der Waals surface area contributed by atoms with E-state index in [1.165, 1.54) is 18.4 Å². The largest absolute Gasteiger partial charge is 0.479 e. The Morgan fingerprint density at radius 3 is 2.92 bits per heavy atom. The summed E-state index contributed by atoms with van der Waals surface area (Å²) in [6, 6.07) is 8.82. The van der Waals surface area contributed by atoms with Gasteiger partial charge in [0.15, 0.2) is 10.0 Å². The Morgan fingerprint density at radius 1 is 1.46 bits per heavy atom. The van der Waals surface area contributed by atoms with E-state index in [0.717, 1.165) is 10.9 Å². The summed E-state index contributed by atoms with van der Waals surface area (Å²) in [7, 11) is 1.46. The summed E-state index contributed by atoms with van der Waals surface area (Å²) >= 11 is 7.19. The molecule has 1 atom stereocenters. The molecule has 0 aliphatic heterocycles. The maximum Gasteiger partial charge on any atom is 0.253 e. The van der Waals surface area contributed by atoms with Crippen LogP contribution in [0.25, 0.3) is 10.9 Å². The Balaban J connectivity index is 1.95. The van der Waals surface area contributed by atoms with Gasteiger partial charge in [0, 0.05) is 21.5 Å². The van der Waals surface area contributed by atoms with Crippen molar-refractivity contribution >= 4 is 39.0 Å². The van der Waals surface area contributed by atoms with Gasteiger partial charge in [-0.15, -0.1) is 0 Å². The highest BCUT2D eigenvalue weighted by Gasteiger charge is 2.16. The fourth-order valence-electron chi connectivity index (χ4n) is 2.36. The first-order valence-electron chi connectivity index (χ1n) is 7.05. The third-order valence-corrected chi connectivity index (χ3v) is 4.64. The average molecular weight is 361 g/mol. The highest BCUT2D eigenvalue weighted by atomic mass is 35.5. The Kier molecular flexibility index (Phi) is 4.42. The standard InChI is InChI=1S/C16H13ClN4O2S/c1-8(19-16-21-15(23-2)13(7-18)24-16)11-6-9-5-10(17)3-4-12(9)20-14(11)22/h3-6,8H,1-2H3,(H,19,21)(H,20,22)/t8-/m1/s1. The first-order chi connectivity index (χ1) is 11.5.